The number of nitrogens with one attached hydrogen (secondary N) is 1. The van der Waals surface area contributed by atoms with Crippen LogP contribution in [0.2, 0.25) is 0 Å². The van der Waals surface area contributed by atoms with Gasteiger partial charge in [-0.2, -0.15) is 4.31 Å². The molecule has 3 rings (SSSR count). The van der Waals surface area contributed by atoms with Gasteiger partial charge < -0.3 is 10.1 Å². The SMILES string of the molecule is CC1C2CNCC2CN1S(=O)(=O)CC1CCCO1. The van der Waals surface area contributed by atoms with Crippen LogP contribution in [0.15, 0.2) is 0 Å². The number of ether oxygens (including phenoxy) is 1. The van der Waals surface area contributed by atoms with Crippen molar-refractivity contribution in [3.63, 3.8) is 0 Å². The summed E-state index contributed by atoms with van der Waals surface area (Å²) in [7, 11) is -3.15. The fourth-order valence-electron chi connectivity index (χ4n) is 3.60. The lowest BCUT2D eigenvalue weighted by atomic mass is 9.95. The lowest BCUT2D eigenvalue weighted by Crippen LogP contribution is -2.41. The van der Waals surface area contributed by atoms with Crippen molar-refractivity contribution in [2.75, 3.05) is 32.0 Å². The third-order valence-corrected chi connectivity index (χ3v) is 6.65. The average Bonchev–Trinajstić information content (AvgIpc) is 2.96. The summed E-state index contributed by atoms with van der Waals surface area (Å²) in [5.74, 6) is 1.16. The Morgan fingerprint density at radius 3 is 2.89 bits per heavy atom. The molecule has 3 saturated heterocycles. The van der Waals surface area contributed by atoms with E-state index in [1.54, 1.807) is 4.31 Å². The fraction of sp³-hybridized carbons (Fsp3) is 1.00. The van der Waals surface area contributed by atoms with E-state index in [0.717, 1.165) is 25.9 Å². The van der Waals surface area contributed by atoms with Crippen molar-refractivity contribution in [3.8, 4) is 0 Å². The maximum Gasteiger partial charge on any atom is 0.216 e. The minimum absolute atomic E-state index is 0.0826. The molecule has 4 atom stereocenters. The molecule has 1 N–H and O–H groups in total. The van der Waals surface area contributed by atoms with Gasteiger partial charge in [-0.05, 0) is 44.7 Å². The minimum Gasteiger partial charge on any atom is -0.377 e. The number of hydrogen-bond donors (Lipinski definition) is 1. The van der Waals surface area contributed by atoms with E-state index in [9.17, 15) is 8.42 Å². The molecule has 0 bridgehead atoms. The lowest BCUT2D eigenvalue weighted by Gasteiger charge is -2.25. The van der Waals surface area contributed by atoms with Crippen LogP contribution in [0.4, 0.5) is 0 Å². The molecule has 0 radical (unpaired) electrons. The Morgan fingerprint density at radius 2 is 2.22 bits per heavy atom. The quantitative estimate of drug-likeness (QED) is 0.789. The molecule has 6 heteroatoms. The molecule has 3 aliphatic rings. The highest BCUT2D eigenvalue weighted by Gasteiger charge is 2.46. The molecular formula is C12H22N2O3S. The zero-order chi connectivity index (χ0) is 12.8. The van der Waals surface area contributed by atoms with Crippen LogP contribution in [0.25, 0.3) is 0 Å². The van der Waals surface area contributed by atoms with Crippen LogP contribution >= 0.6 is 0 Å². The van der Waals surface area contributed by atoms with Crippen LogP contribution < -0.4 is 5.32 Å². The molecule has 4 unspecified atom stereocenters. The predicted octanol–water partition coefficient (Wildman–Crippen LogP) is 0.0349. The molecule has 0 aliphatic carbocycles. The van der Waals surface area contributed by atoms with Crippen molar-refractivity contribution in [2.24, 2.45) is 11.8 Å². The summed E-state index contributed by atoms with van der Waals surface area (Å²) in [5.41, 5.74) is 0. The van der Waals surface area contributed by atoms with Crippen molar-refractivity contribution in [3.05, 3.63) is 0 Å². The van der Waals surface area contributed by atoms with E-state index in [1.165, 1.54) is 0 Å². The summed E-state index contributed by atoms with van der Waals surface area (Å²) in [6.07, 6.45) is 1.79. The standard InChI is InChI=1S/C12H22N2O3S/c1-9-12-6-13-5-10(12)7-14(9)18(15,16)8-11-3-2-4-17-11/h9-13H,2-8H2,1H3. The molecule has 0 spiro atoms. The molecule has 0 amide bonds. The Kier molecular flexibility index (Phi) is 3.38. The lowest BCUT2D eigenvalue weighted by molar-refractivity contribution is 0.126. The highest BCUT2D eigenvalue weighted by molar-refractivity contribution is 7.89. The van der Waals surface area contributed by atoms with Gasteiger partial charge in [-0.15, -0.1) is 0 Å². The minimum atomic E-state index is -3.15. The Labute approximate surface area is 109 Å². The molecule has 0 saturated carbocycles. The van der Waals surface area contributed by atoms with Gasteiger partial charge in [0.2, 0.25) is 10.0 Å². The van der Waals surface area contributed by atoms with Crippen molar-refractivity contribution < 1.29 is 13.2 Å². The number of sulfonamides is 1. The Bertz CT molecular complexity index is 406. The van der Waals surface area contributed by atoms with Crippen LogP contribution in [0, 0.1) is 11.8 Å². The molecule has 0 aromatic heterocycles. The van der Waals surface area contributed by atoms with E-state index in [4.69, 9.17) is 4.74 Å². The summed E-state index contributed by atoms with van der Waals surface area (Å²) in [6, 6.07) is 0.136. The first kappa shape index (κ1) is 12.8. The maximum atomic E-state index is 12.5. The van der Waals surface area contributed by atoms with Crippen molar-refractivity contribution in [2.45, 2.75) is 31.9 Å². The number of fused-ring (bicyclic) bond motifs is 1. The monoisotopic (exact) mass is 274 g/mol. The third-order valence-electron chi connectivity index (χ3n) is 4.66. The van der Waals surface area contributed by atoms with Gasteiger partial charge in [0.25, 0.3) is 0 Å². The van der Waals surface area contributed by atoms with Gasteiger partial charge in [-0.1, -0.05) is 0 Å². The largest absolute Gasteiger partial charge is 0.377 e. The van der Waals surface area contributed by atoms with E-state index in [1.807, 2.05) is 6.92 Å². The Balaban J connectivity index is 1.70. The summed E-state index contributed by atoms with van der Waals surface area (Å²) in [6.45, 7) is 5.36. The van der Waals surface area contributed by atoms with E-state index in [-0.39, 0.29) is 17.9 Å². The zero-order valence-electron chi connectivity index (χ0n) is 10.8. The summed E-state index contributed by atoms with van der Waals surface area (Å²) < 4.78 is 32.1. The molecule has 104 valence electrons. The molecule has 3 aliphatic heterocycles. The van der Waals surface area contributed by atoms with Gasteiger partial charge in [0, 0.05) is 19.2 Å². The van der Waals surface area contributed by atoms with E-state index in [0.29, 0.717) is 25.0 Å². The first-order valence-corrected chi connectivity index (χ1v) is 8.50. The van der Waals surface area contributed by atoms with Crippen LogP contribution in [-0.2, 0) is 14.8 Å². The van der Waals surface area contributed by atoms with Crippen LogP contribution in [0.5, 0.6) is 0 Å². The van der Waals surface area contributed by atoms with E-state index >= 15 is 0 Å². The Hall–Kier alpha value is -0.170. The first-order valence-electron chi connectivity index (χ1n) is 6.90. The second kappa shape index (κ2) is 4.74. The second-order valence-corrected chi connectivity index (χ2v) is 7.77. The Morgan fingerprint density at radius 1 is 1.39 bits per heavy atom. The highest BCUT2D eigenvalue weighted by atomic mass is 32.2. The van der Waals surface area contributed by atoms with Gasteiger partial charge >= 0.3 is 0 Å². The topological polar surface area (TPSA) is 58.6 Å². The van der Waals surface area contributed by atoms with Gasteiger partial charge in [-0.3, -0.25) is 0 Å². The van der Waals surface area contributed by atoms with Crippen molar-refractivity contribution in [1.82, 2.24) is 9.62 Å². The first-order chi connectivity index (χ1) is 8.58. The highest BCUT2D eigenvalue weighted by Crippen LogP contribution is 2.34. The summed E-state index contributed by atoms with van der Waals surface area (Å²) >= 11 is 0. The number of hydrogen-bond acceptors (Lipinski definition) is 4. The van der Waals surface area contributed by atoms with Crippen molar-refractivity contribution in [1.29, 1.82) is 0 Å². The van der Waals surface area contributed by atoms with Gasteiger partial charge in [-0.25, -0.2) is 8.42 Å². The van der Waals surface area contributed by atoms with Gasteiger partial charge in [0.15, 0.2) is 0 Å². The van der Waals surface area contributed by atoms with Gasteiger partial charge in [0.05, 0.1) is 11.9 Å². The zero-order valence-corrected chi connectivity index (χ0v) is 11.7. The maximum absolute atomic E-state index is 12.5. The van der Waals surface area contributed by atoms with Crippen molar-refractivity contribution >= 4 is 10.0 Å². The average molecular weight is 274 g/mol. The molecule has 0 aromatic rings. The number of rotatable bonds is 3. The van der Waals surface area contributed by atoms with E-state index < -0.39 is 10.0 Å². The molecule has 3 heterocycles. The predicted molar refractivity (Wildman–Crippen MR) is 68.8 cm³/mol. The summed E-state index contributed by atoms with van der Waals surface area (Å²) in [5, 5.41) is 3.35. The fourth-order valence-corrected chi connectivity index (χ4v) is 5.61. The molecule has 18 heavy (non-hydrogen) atoms. The molecule has 5 nitrogen and oxygen atoms in total. The van der Waals surface area contributed by atoms with Crippen LogP contribution in [0.3, 0.4) is 0 Å². The normalized spacial score (nSPS) is 41.4. The van der Waals surface area contributed by atoms with Gasteiger partial charge in [0.1, 0.15) is 0 Å². The third kappa shape index (κ3) is 2.19. The molecule has 0 aromatic carbocycles. The van der Waals surface area contributed by atoms with Crippen LogP contribution in [0.1, 0.15) is 19.8 Å². The smallest absolute Gasteiger partial charge is 0.216 e. The molecule has 3 fully saturated rings. The van der Waals surface area contributed by atoms with Crippen LogP contribution in [-0.4, -0.2) is 56.9 Å². The molecular weight excluding hydrogens is 252 g/mol. The second-order valence-electron chi connectivity index (χ2n) is 5.81. The summed E-state index contributed by atoms with van der Waals surface area (Å²) in [4.78, 5) is 0. The van der Waals surface area contributed by atoms with E-state index in [2.05, 4.69) is 5.32 Å². The number of nitrogens with zero attached hydrogens (tertiary/aromatic N) is 1.